The summed E-state index contributed by atoms with van der Waals surface area (Å²) >= 11 is -0.707. The van der Waals surface area contributed by atoms with Gasteiger partial charge in [-0.05, 0) is 0 Å². The van der Waals surface area contributed by atoms with Gasteiger partial charge >= 0.3 is 193 Å². The number of halogens is 2. The van der Waals surface area contributed by atoms with Crippen molar-refractivity contribution in [3.05, 3.63) is 46.6 Å². The predicted molar refractivity (Wildman–Crippen MR) is 137 cm³/mol. The zero-order valence-corrected chi connectivity index (χ0v) is 24.0. The minimum absolute atomic E-state index is 0. The van der Waals surface area contributed by atoms with Crippen LogP contribution in [-0.2, 0) is 23.2 Å². The fourth-order valence-electron chi connectivity index (χ4n) is 6.34. The molecule has 0 amide bonds. The molecule has 0 aromatic carbocycles. The maximum absolute atomic E-state index is 2.68. The van der Waals surface area contributed by atoms with Crippen LogP contribution < -0.4 is 0 Å². The van der Waals surface area contributed by atoms with E-state index in [0.29, 0.717) is 6.25 Å². The van der Waals surface area contributed by atoms with Crippen LogP contribution in [0.4, 0.5) is 0 Å². The van der Waals surface area contributed by atoms with E-state index in [1.54, 1.807) is 11.1 Å². The van der Waals surface area contributed by atoms with Gasteiger partial charge < -0.3 is 0 Å². The standard InChI is InChI=1S/2C14H21.2ClH.Zr/c2*1-12-10-11-13-8-6-4-2-3-5-7-9-14(12)13;;;/h2*10-11H,2-9H2,1H3;2*1H;. The second-order valence-corrected chi connectivity index (χ2v) is 16.2. The second-order valence-electron chi connectivity index (χ2n) is 10.4. The molecule has 0 heterocycles. The Bertz CT molecular complexity index is 657. The van der Waals surface area contributed by atoms with E-state index in [-0.39, 0.29) is 24.8 Å². The van der Waals surface area contributed by atoms with E-state index in [2.05, 4.69) is 38.2 Å². The molecule has 31 heavy (non-hydrogen) atoms. The van der Waals surface area contributed by atoms with Gasteiger partial charge in [-0.25, -0.2) is 0 Å². The second kappa shape index (κ2) is 12.8. The van der Waals surface area contributed by atoms with Crippen LogP contribution in [0, 0.1) is 0 Å². The quantitative estimate of drug-likeness (QED) is 0.326. The first-order valence-corrected chi connectivity index (χ1v) is 15.2. The van der Waals surface area contributed by atoms with Gasteiger partial charge in [0.05, 0.1) is 0 Å². The molecule has 2 atom stereocenters. The smallest absolute Gasteiger partial charge is 0.147 e. The Morgan fingerprint density at radius 1 is 0.516 bits per heavy atom. The summed E-state index contributed by atoms with van der Waals surface area (Å²) in [6, 6.07) is 0. The summed E-state index contributed by atoms with van der Waals surface area (Å²) in [5.74, 6) is 0. The van der Waals surface area contributed by atoms with Crippen molar-refractivity contribution in [2.45, 2.75) is 123 Å². The van der Waals surface area contributed by atoms with Crippen molar-refractivity contribution in [1.82, 2.24) is 0 Å². The molecule has 3 heteroatoms. The molecule has 0 radical (unpaired) electrons. The van der Waals surface area contributed by atoms with Gasteiger partial charge in [0.2, 0.25) is 0 Å². The molecular weight excluding hydrogens is 498 g/mol. The SMILES string of the molecule is C[C]1([Zr][C]2(C)C=CC3=C2CCCCCCCC3)C=CC2=C1CCCCCCCC2.Cl.Cl. The van der Waals surface area contributed by atoms with E-state index < -0.39 is 23.2 Å². The summed E-state index contributed by atoms with van der Waals surface area (Å²) in [6.07, 6.45) is 33.3. The monoisotopic (exact) mass is 540 g/mol. The third-order valence-electron chi connectivity index (χ3n) is 8.03. The Morgan fingerprint density at radius 3 is 1.23 bits per heavy atom. The molecule has 4 aliphatic rings. The van der Waals surface area contributed by atoms with Gasteiger partial charge in [-0.1, -0.05) is 0 Å². The van der Waals surface area contributed by atoms with Crippen molar-refractivity contribution >= 4 is 24.8 Å². The largest absolute Gasteiger partial charge is 0.147 e. The van der Waals surface area contributed by atoms with Crippen molar-refractivity contribution < 1.29 is 23.2 Å². The van der Waals surface area contributed by atoms with Gasteiger partial charge in [-0.3, -0.25) is 0 Å². The third kappa shape index (κ3) is 6.73. The number of hydrogen-bond acceptors (Lipinski definition) is 0. The first-order chi connectivity index (χ1) is 14.1. The molecule has 0 fully saturated rings. The van der Waals surface area contributed by atoms with Crippen LogP contribution in [0.1, 0.15) is 117 Å². The molecule has 0 N–H and O–H groups in total. The Kier molecular flexibility index (Phi) is 11.4. The molecule has 0 saturated carbocycles. The molecule has 0 spiro atoms. The average molecular weight is 543 g/mol. The average Bonchev–Trinajstić information content (AvgIpc) is 3.19. The van der Waals surface area contributed by atoms with Crippen molar-refractivity contribution in [3.63, 3.8) is 0 Å². The van der Waals surface area contributed by atoms with Crippen LogP contribution in [0.25, 0.3) is 0 Å². The fourth-order valence-corrected chi connectivity index (χ4v) is 12.0. The Labute approximate surface area is 216 Å². The van der Waals surface area contributed by atoms with E-state index in [9.17, 15) is 0 Å². The van der Waals surface area contributed by atoms with Crippen molar-refractivity contribution in [1.29, 1.82) is 0 Å². The summed E-state index contributed by atoms with van der Waals surface area (Å²) in [4.78, 5) is 0. The maximum atomic E-state index is 2.68. The molecule has 0 nitrogen and oxygen atoms in total. The van der Waals surface area contributed by atoms with Gasteiger partial charge in [0.15, 0.2) is 0 Å². The first-order valence-electron chi connectivity index (χ1n) is 12.7. The van der Waals surface area contributed by atoms with E-state index in [1.165, 1.54) is 103 Å². The van der Waals surface area contributed by atoms with Crippen LogP contribution >= 0.6 is 24.8 Å². The number of hydrogen-bond donors (Lipinski definition) is 0. The van der Waals surface area contributed by atoms with Gasteiger partial charge in [0.25, 0.3) is 0 Å². The molecule has 2 unspecified atom stereocenters. The van der Waals surface area contributed by atoms with Crippen LogP contribution in [0.2, 0.25) is 6.25 Å². The molecule has 0 aromatic rings. The maximum Gasteiger partial charge on any atom is -0.147 e. The minimum atomic E-state index is -0.707. The summed E-state index contributed by atoms with van der Waals surface area (Å²) < 4.78 is 0.878. The Morgan fingerprint density at radius 2 is 0.839 bits per heavy atom. The fraction of sp³-hybridized carbons (Fsp3) is 0.714. The summed E-state index contributed by atoms with van der Waals surface area (Å²) in [5, 5.41) is 0. The molecule has 4 aliphatic carbocycles. The number of allylic oxidation sites excluding steroid dienone is 8. The first kappa shape index (κ1) is 27.7. The Hall–Kier alpha value is 0.423. The van der Waals surface area contributed by atoms with Crippen LogP contribution in [0.3, 0.4) is 0 Å². The van der Waals surface area contributed by atoms with Crippen LogP contribution in [0.5, 0.6) is 0 Å². The molecule has 0 aliphatic heterocycles. The Balaban J connectivity index is 0.00000171. The zero-order chi connectivity index (χ0) is 20.2. The van der Waals surface area contributed by atoms with Gasteiger partial charge in [0.1, 0.15) is 0 Å². The van der Waals surface area contributed by atoms with Crippen LogP contribution in [-0.4, -0.2) is 0 Å². The molecule has 174 valence electrons. The van der Waals surface area contributed by atoms with Crippen molar-refractivity contribution in [2.24, 2.45) is 0 Å². The van der Waals surface area contributed by atoms with Crippen molar-refractivity contribution in [3.8, 4) is 0 Å². The predicted octanol–water partition coefficient (Wildman–Crippen LogP) is 10.3. The van der Waals surface area contributed by atoms with Gasteiger partial charge in [-0.15, -0.1) is 24.8 Å². The van der Waals surface area contributed by atoms with Crippen molar-refractivity contribution in [2.75, 3.05) is 0 Å². The third-order valence-corrected chi connectivity index (χ3v) is 12.9. The minimum Gasteiger partial charge on any atom is -0.147 e. The molecule has 0 bridgehead atoms. The van der Waals surface area contributed by atoms with Gasteiger partial charge in [-0.2, -0.15) is 0 Å². The topological polar surface area (TPSA) is 0 Å². The van der Waals surface area contributed by atoms with Crippen LogP contribution in [0.15, 0.2) is 46.6 Å². The van der Waals surface area contributed by atoms with E-state index in [1.807, 2.05) is 11.1 Å². The van der Waals surface area contributed by atoms with E-state index >= 15 is 0 Å². The summed E-state index contributed by atoms with van der Waals surface area (Å²) in [5.41, 5.74) is 7.27. The van der Waals surface area contributed by atoms with E-state index in [0.717, 1.165) is 0 Å². The normalized spacial score (nSPS) is 31.9. The molecule has 4 rings (SSSR count). The van der Waals surface area contributed by atoms with Gasteiger partial charge in [0, 0.05) is 0 Å². The molecular formula is C28H44Cl2Zr. The molecule has 0 aromatic heterocycles. The number of rotatable bonds is 2. The van der Waals surface area contributed by atoms with E-state index in [4.69, 9.17) is 0 Å². The molecule has 0 saturated heterocycles. The summed E-state index contributed by atoms with van der Waals surface area (Å²) in [6.45, 7) is 5.28. The summed E-state index contributed by atoms with van der Waals surface area (Å²) in [7, 11) is 0. The zero-order valence-electron chi connectivity index (χ0n) is 19.9.